The normalized spacial score (nSPS) is 14.3. The molecule has 1 amide bonds. The van der Waals surface area contributed by atoms with Gasteiger partial charge in [-0.2, -0.15) is 0 Å². The lowest BCUT2D eigenvalue weighted by Gasteiger charge is -2.30. The maximum absolute atomic E-state index is 12.8. The molecular formula is C17H28NO4PS2. The lowest BCUT2D eigenvalue weighted by molar-refractivity contribution is 0.0575. The maximum Gasteiger partial charge on any atom is 0.414 e. The van der Waals surface area contributed by atoms with Crippen molar-refractivity contribution in [1.82, 2.24) is 0 Å². The van der Waals surface area contributed by atoms with E-state index in [9.17, 15) is 9.69 Å². The van der Waals surface area contributed by atoms with Gasteiger partial charge in [0.05, 0.1) is 18.8 Å². The molecule has 0 radical (unpaired) electrons. The van der Waals surface area contributed by atoms with E-state index < -0.39 is 17.4 Å². The lowest BCUT2D eigenvalue weighted by Crippen LogP contribution is -2.39. The molecule has 1 rings (SSSR count). The summed E-state index contributed by atoms with van der Waals surface area (Å²) >= 11 is 8.63. The topological polar surface area (TPSA) is 59.0 Å². The van der Waals surface area contributed by atoms with Gasteiger partial charge in [-0.3, -0.25) is 4.90 Å². The summed E-state index contributed by atoms with van der Waals surface area (Å²) in [6.07, 6.45) is -0.464. The molecule has 0 saturated carbocycles. The molecule has 0 aliphatic heterocycles. The van der Waals surface area contributed by atoms with Crippen LogP contribution in [0.3, 0.4) is 0 Å². The number of hydrogen-bond donors (Lipinski definition) is 2. The van der Waals surface area contributed by atoms with Gasteiger partial charge in [0.2, 0.25) is 5.69 Å². The minimum atomic E-state index is -3.08. The first-order valence-electron chi connectivity index (χ1n) is 8.11. The smallest absolute Gasteiger partial charge is 0.414 e. The average molecular weight is 406 g/mol. The van der Waals surface area contributed by atoms with Crippen molar-refractivity contribution in [1.29, 1.82) is 0 Å². The fraction of sp³-hybridized carbons (Fsp3) is 0.588. The van der Waals surface area contributed by atoms with Gasteiger partial charge in [-0.05, 0) is 62.6 Å². The van der Waals surface area contributed by atoms with Gasteiger partial charge < -0.3 is 14.2 Å². The van der Waals surface area contributed by atoms with E-state index >= 15 is 0 Å². The average Bonchev–Trinajstić information content (AvgIpc) is 2.39. The molecule has 8 heteroatoms. The van der Waals surface area contributed by atoms with Gasteiger partial charge in [-0.1, -0.05) is 38.2 Å². The number of thiol groups is 1. The summed E-state index contributed by atoms with van der Waals surface area (Å²) in [5, 5.41) is 0. The van der Waals surface area contributed by atoms with Gasteiger partial charge in [0.1, 0.15) is 5.60 Å². The Hall–Kier alpha value is -0.590. The molecule has 1 aromatic rings. The summed E-state index contributed by atoms with van der Waals surface area (Å²) in [6, 6.07) is 5.99. The van der Waals surface area contributed by atoms with Crippen LogP contribution in [0.2, 0.25) is 0 Å². The van der Waals surface area contributed by atoms with E-state index in [-0.39, 0.29) is 19.1 Å². The fourth-order valence-corrected chi connectivity index (χ4v) is 3.04. The zero-order chi connectivity index (χ0) is 19.4. The highest BCUT2D eigenvalue weighted by molar-refractivity contribution is 8.59. The number of amides is 1. The number of nitrogens with zero attached hydrogens (tertiary/aromatic N) is 1. The quantitative estimate of drug-likeness (QED) is 0.514. The molecular weight excluding hydrogens is 377 g/mol. The summed E-state index contributed by atoms with van der Waals surface area (Å²) in [4.78, 5) is 23.8. The molecule has 1 unspecified atom stereocenters. The Bertz CT molecular complexity index is 653. The first-order chi connectivity index (χ1) is 11.3. The molecule has 0 aromatic heterocycles. The van der Waals surface area contributed by atoms with Crippen LogP contribution in [0.4, 0.5) is 10.5 Å². The number of ether oxygens (including phenoxy) is 1. The monoisotopic (exact) mass is 405 g/mol. The number of carbonyl (C=O) groups is 1. The first kappa shape index (κ1) is 22.5. The summed E-state index contributed by atoms with van der Waals surface area (Å²) < 4.78 is 10.7. The zero-order valence-electron chi connectivity index (χ0n) is 15.6. The Morgan fingerprint density at radius 3 is 2.48 bits per heavy atom. The standard InChI is InChI=1S/C17H28NO4PS2/c1-12(2)14-8-7-13(3)11-15(14)18(9-10-21-23(20,24)25)16(19)22-17(4,5)6/h7-8,11-12H,9-10H2,1-6H3,(H2,20,24,25). The molecule has 0 aliphatic rings. The van der Waals surface area contributed by atoms with Gasteiger partial charge in [0.15, 0.2) is 0 Å². The van der Waals surface area contributed by atoms with Crippen molar-refractivity contribution in [3.05, 3.63) is 29.3 Å². The number of benzene rings is 1. The molecule has 0 bridgehead atoms. The van der Waals surface area contributed by atoms with E-state index in [0.717, 1.165) is 16.8 Å². The van der Waals surface area contributed by atoms with E-state index in [0.29, 0.717) is 0 Å². The second-order valence-electron chi connectivity index (χ2n) is 7.17. The summed E-state index contributed by atoms with van der Waals surface area (Å²) in [7, 11) is 0. The molecule has 0 aliphatic carbocycles. The van der Waals surface area contributed by atoms with Crippen LogP contribution >= 0.6 is 17.9 Å². The highest BCUT2D eigenvalue weighted by Crippen LogP contribution is 2.47. The van der Waals surface area contributed by atoms with Gasteiger partial charge >= 0.3 is 6.09 Å². The predicted octanol–water partition coefficient (Wildman–Crippen LogP) is 5.02. The van der Waals surface area contributed by atoms with E-state index in [4.69, 9.17) is 21.1 Å². The number of anilines is 1. The van der Waals surface area contributed by atoms with Gasteiger partial charge in [0, 0.05) is 0 Å². The van der Waals surface area contributed by atoms with Gasteiger partial charge in [0.25, 0.3) is 0 Å². The zero-order valence-corrected chi connectivity index (χ0v) is 18.3. The van der Waals surface area contributed by atoms with Crippen molar-refractivity contribution in [2.24, 2.45) is 0 Å². The van der Waals surface area contributed by atoms with Crippen LogP contribution in [0.15, 0.2) is 18.2 Å². The minimum Gasteiger partial charge on any atom is -0.443 e. The van der Waals surface area contributed by atoms with Crippen molar-refractivity contribution >= 4 is 41.5 Å². The molecule has 0 spiro atoms. The molecule has 25 heavy (non-hydrogen) atoms. The van der Waals surface area contributed by atoms with Crippen LogP contribution in [0.5, 0.6) is 0 Å². The third-order valence-electron chi connectivity index (χ3n) is 3.29. The van der Waals surface area contributed by atoms with E-state index in [1.807, 2.05) is 45.9 Å². The Morgan fingerprint density at radius 1 is 1.40 bits per heavy atom. The predicted molar refractivity (Wildman–Crippen MR) is 110 cm³/mol. The van der Waals surface area contributed by atoms with Crippen LogP contribution in [-0.4, -0.2) is 29.7 Å². The van der Waals surface area contributed by atoms with Gasteiger partial charge in [-0.15, -0.1) is 0 Å². The number of hydrogen-bond acceptors (Lipinski definition) is 4. The van der Waals surface area contributed by atoms with Gasteiger partial charge in [-0.25, -0.2) is 4.79 Å². The molecule has 1 N–H and O–H groups in total. The van der Waals surface area contributed by atoms with E-state index in [1.165, 1.54) is 4.90 Å². The third-order valence-corrected chi connectivity index (χ3v) is 4.47. The highest BCUT2D eigenvalue weighted by Gasteiger charge is 2.26. The molecule has 5 nitrogen and oxygen atoms in total. The molecule has 0 saturated heterocycles. The Kier molecular flexibility index (Phi) is 7.96. The number of carbonyl (C=O) groups excluding carboxylic acids is 1. The van der Waals surface area contributed by atoms with E-state index in [1.54, 1.807) is 0 Å². The van der Waals surface area contributed by atoms with E-state index in [2.05, 4.69) is 26.1 Å². The summed E-state index contributed by atoms with van der Waals surface area (Å²) in [5.41, 5.74) is -0.847. The fourth-order valence-electron chi connectivity index (χ4n) is 2.25. The van der Waals surface area contributed by atoms with Crippen molar-refractivity contribution in [3.8, 4) is 0 Å². The van der Waals surface area contributed by atoms with Crippen LogP contribution in [0.25, 0.3) is 0 Å². The number of aryl methyl sites for hydroxylation is 1. The SMILES string of the molecule is Cc1ccc(C(C)C)c(N(CCOP(O)(=S)S)C(=O)OC(C)(C)C)c1. The third kappa shape index (κ3) is 8.09. The second-order valence-corrected chi connectivity index (χ2v) is 12.3. The molecule has 142 valence electrons. The first-order valence-corrected chi connectivity index (χ1v) is 11.9. The lowest BCUT2D eigenvalue weighted by atomic mass is 9.98. The maximum atomic E-state index is 12.8. The van der Waals surface area contributed by atoms with Crippen molar-refractivity contribution in [3.63, 3.8) is 0 Å². The second kappa shape index (κ2) is 8.87. The largest absolute Gasteiger partial charge is 0.443 e. The summed E-state index contributed by atoms with van der Waals surface area (Å²) in [6.45, 7) is 11.8. The van der Waals surface area contributed by atoms with Crippen LogP contribution in [-0.2, 0) is 21.1 Å². The van der Waals surface area contributed by atoms with Crippen molar-refractivity contribution in [2.75, 3.05) is 18.1 Å². The van der Waals surface area contributed by atoms with Crippen molar-refractivity contribution in [2.45, 2.75) is 53.1 Å². The Balaban J connectivity index is 3.19. The molecule has 1 aromatic carbocycles. The van der Waals surface area contributed by atoms with Crippen LogP contribution < -0.4 is 4.90 Å². The van der Waals surface area contributed by atoms with Crippen LogP contribution in [0, 0.1) is 6.92 Å². The highest BCUT2D eigenvalue weighted by atomic mass is 32.9. The minimum absolute atomic E-state index is 0.0714. The Morgan fingerprint density at radius 2 is 2.00 bits per heavy atom. The molecule has 1 atom stereocenters. The summed E-state index contributed by atoms with van der Waals surface area (Å²) in [5.74, 6) is 0.231. The van der Waals surface area contributed by atoms with Crippen molar-refractivity contribution < 1.29 is 18.9 Å². The molecule has 0 fully saturated rings. The molecule has 0 heterocycles. The Labute approximate surface area is 161 Å². The number of rotatable bonds is 6. The van der Waals surface area contributed by atoms with Crippen LogP contribution in [0.1, 0.15) is 51.7 Å².